The normalized spacial score (nSPS) is 18.5. The molecule has 0 radical (unpaired) electrons. The van der Waals surface area contributed by atoms with Gasteiger partial charge in [0.25, 0.3) is 0 Å². The number of anilines is 1. The molecule has 1 aliphatic heterocycles. The third-order valence-corrected chi connectivity index (χ3v) is 7.41. The molecule has 1 N–H and O–H groups in total. The van der Waals surface area contributed by atoms with E-state index in [9.17, 15) is 8.42 Å². The minimum absolute atomic E-state index is 0.293. The molecule has 0 amide bonds. The first-order chi connectivity index (χ1) is 13.7. The molecule has 1 fully saturated rings. The molecule has 0 unspecified atom stereocenters. The predicted molar refractivity (Wildman–Crippen MR) is 118 cm³/mol. The molecule has 1 heterocycles. The van der Waals surface area contributed by atoms with E-state index < -0.39 is 10.0 Å². The number of piperidine rings is 1. The SMILES string of the molecule is COc1cc(C)c(S(=O)(=O)N[C@@H](C)c2ccc(N3CCC[C@H](C)C3)cc2)cc1C. The number of methoxy groups -OCH3 is 1. The summed E-state index contributed by atoms with van der Waals surface area (Å²) in [6.45, 7) is 9.97. The molecule has 1 aliphatic rings. The van der Waals surface area contributed by atoms with Crippen LogP contribution in [0.4, 0.5) is 5.69 Å². The second-order valence-corrected chi connectivity index (χ2v) is 9.90. The van der Waals surface area contributed by atoms with E-state index in [-0.39, 0.29) is 6.04 Å². The van der Waals surface area contributed by atoms with Crippen LogP contribution in [0.15, 0.2) is 41.3 Å². The van der Waals surface area contributed by atoms with E-state index in [0.717, 1.165) is 24.2 Å². The summed E-state index contributed by atoms with van der Waals surface area (Å²) in [6, 6.07) is 11.4. The minimum atomic E-state index is -3.64. The molecule has 5 nitrogen and oxygen atoms in total. The largest absolute Gasteiger partial charge is 0.496 e. The number of rotatable bonds is 6. The third kappa shape index (κ3) is 4.93. The summed E-state index contributed by atoms with van der Waals surface area (Å²) < 4.78 is 34.1. The van der Waals surface area contributed by atoms with Crippen LogP contribution in [0.5, 0.6) is 5.75 Å². The number of nitrogens with one attached hydrogen (secondary N) is 1. The number of aryl methyl sites for hydroxylation is 2. The maximum absolute atomic E-state index is 13.0. The molecular weight excluding hydrogens is 384 g/mol. The van der Waals surface area contributed by atoms with Gasteiger partial charge in [-0.3, -0.25) is 0 Å². The number of sulfonamides is 1. The highest BCUT2D eigenvalue weighted by molar-refractivity contribution is 7.89. The third-order valence-electron chi connectivity index (χ3n) is 5.73. The van der Waals surface area contributed by atoms with Crippen molar-refractivity contribution in [2.45, 2.75) is 51.5 Å². The second-order valence-electron chi connectivity index (χ2n) is 8.22. The standard InChI is InChI=1S/C23H32N2O3S/c1-16-7-6-12-25(15-16)21-10-8-20(9-11-21)19(4)24-29(26,27)23-14-17(2)22(28-5)13-18(23)3/h8-11,13-14,16,19,24H,6-7,12,15H2,1-5H3/t16-,19-/m0/s1. The molecule has 2 aromatic rings. The van der Waals surface area contributed by atoms with Crippen LogP contribution in [0.3, 0.4) is 0 Å². The van der Waals surface area contributed by atoms with Gasteiger partial charge in [0.15, 0.2) is 0 Å². The molecule has 0 saturated carbocycles. The highest BCUT2D eigenvalue weighted by Crippen LogP contribution is 2.28. The van der Waals surface area contributed by atoms with Crippen LogP contribution in [0, 0.1) is 19.8 Å². The van der Waals surface area contributed by atoms with Crippen molar-refractivity contribution < 1.29 is 13.2 Å². The van der Waals surface area contributed by atoms with E-state index in [1.807, 2.05) is 26.0 Å². The molecular formula is C23H32N2O3S. The molecule has 0 aromatic heterocycles. The Bertz CT molecular complexity index is 955. The maximum Gasteiger partial charge on any atom is 0.241 e. The van der Waals surface area contributed by atoms with Crippen LogP contribution in [0.1, 0.15) is 49.4 Å². The van der Waals surface area contributed by atoms with Crippen LogP contribution in [-0.2, 0) is 10.0 Å². The van der Waals surface area contributed by atoms with Crippen molar-refractivity contribution in [3.8, 4) is 5.75 Å². The number of hydrogen-bond donors (Lipinski definition) is 1. The van der Waals surface area contributed by atoms with Gasteiger partial charge in [0.05, 0.1) is 12.0 Å². The van der Waals surface area contributed by atoms with Gasteiger partial charge in [-0.05, 0) is 80.5 Å². The first kappa shape index (κ1) is 21.7. The Morgan fingerprint density at radius 2 is 1.83 bits per heavy atom. The number of ether oxygens (including phenoxy) is 1. The molecule has 2 aromatic carbocycles. The highest BCUT2D eigenvalue weighted by Gasteiger charge is 2.22. The second kappa shape index (κ2) is 8.76. The average Bonchev–Trinajstić information content (AvgIpc) is 2.69. The fourth-order valence-electron chi connectivity index (χ4n) is 4.03. The van der Waals surface area contributed by atoms with Gasteiger partial charge in [-0.15, -0.1) is 0 Å². The quantitative estimate of drug-likeness (QED) is 0.748. The molecule has 6 heteroatoms. The Labute approximate surface area is 175 Å². The number of hydrogen-bond acceptors (Lipinski definition) is 4. The van der Waals surface area contributed by atoms with Gasteiger partial charge >= 0.3 is 0 Å². The molecule has 0 bridgehead atoms. The highest BCUT2D eigenvalue weighted by atomic mass is 32.2. The van der Waals surface area contributed by atoms with Crippen molar-refractivity contribution in [2.24, 2.45) is 5.92 Å². The summed E-state index contributed by atoms with van der Waals surface area (Å²) >= 11 is 0. The zero-order valence-corrected chi connectivity index (χ0v) is 18.8. The smallest absolute Gasteiger partial charge is 0.241 e. The number of benzene rings is 2. The van der Waals surface area contributed by atoms with Crippen LogP contribution in [0.25, 0.3) is 0 Å². The Kier molecular flexibility index (Phi) is 6.54. The van der Waals surface area contributed by atoms with Crippen LogP contribution >= 0.6 is 0 Å². The lowest BCUT2D eigenvalue weighted by atomic mass is 9.99. The zero-order valence-electron chi connectivity index (χ0n) is 18.0. The van der Waals surface area contributed by atoms with Crippen molar-refractivity contribution in [1.82, 2.24) is 4.72 Å². The molecule has 1 saturated heterocycles. The summed E-state index contributed by atoms with van der Waals surface area (Å²) in [5.41, 5.74) is 3.62. The minimum Gasteiger partial charge on any atom is -0.496 e. The lowest BCUT2D eigenvalue weighted by molar-refractivity contribution is 0.411. The van der Waals surface area contributed by atoms with E-state index in [2.05, 4.69) is 28.7 Å². The first-order valence-corrected chi connectivity index (χ1v) is 11.7. The summed E-state index contributed by atoms with van der Waals surface area (Å²) in [4.78, 5) is 2.71. The van der Waals surface area contributed by atoms with Gasteiger partial charge in [-0.1, -0.05) is 19.1 Å². The van der Waals surface area contributed by atoms with E-state index >= 15 is 0 Å². The predicted octanol–water partition coefficient (Wildman–Crippen LogP) is 4.59. The van der Waals surface area contributed by atoms with Gasteiger partial charge in [-0.2, -0.15) is 0 Å². The van der Waals surface area contributed by atoms with Gasteiger partial charge in [0.2, 0.25) is 10.0 Å². The summed E-state index contributed by atoms with van der Waals surface area (Å²) in [6.07, 6.45) is 2.51. The van der Waals surface area contributed by atoms with Gasteiger partial charge < -0.3 is 9.64 Å². The maximum atomic E-state index is 13.0. The van der Waals surface area contributed by atoms with Gasteiger partial charge in [-0.25, -0.2) is 13.1 Å². The average molecular weight is 417 g/mol. The van der Waals surface area contributed by atoms with E-state index in [1.165, 1.54) is 18.5 Å². The fraction of sp³-hybridized carbons (Fsp3) is 0.478. The van der Waals surface area contributed by atoms with Crippen molar-refractivity contribution in [3.63, 3.8) is 0 Å². The van der Waals surface area contributed by atoms with Gasteiger partial charge in [0.1, 0.15) is 5.75 Å². The lowest BCUT2D eigenvalue weighted by Crippen LogP contribution is -2.34. The number of nitrogens with zero attached hydrogens (tertiary/aromatic N) is 1. The van der Waals surface area contributed by atoms with Crippen LogP contribution < -0.4 is 14.4 Å². The van der Waals surface area contributed by atoms with E-state index in [4.69, 9.17) is 4.74 Å². The zero-order chi connectivity index (χ0) is 21.2. The fourth-order valence-corrected chi connectivity index (χ4v) is 5.58. The Hall–Kier alpha value is -2.05. The monoisotopic (exact) mass is 416 g/mol. The lowest BCUT2D eigenvalue weighted by Gasteiger charge is -2.33. The Morgan fingerprint density at radius 3 is 2.45 bits per heavy atom. The summed E-state index contributed by atoms with van der Waals surface area (Å²) in [5.74, 6) is 1.41. The first-order valence-electron chi connectivity index (χ1n) is 10.2. The summed E-state index contributed by atoms with van der Waals surface area (Å²) in [7, 11) is -2.05. The van der Waals surface area contributed by atoms with Crippen molar-refractivity contribution in [2.75, 3.05) is 25.1 Å². The molecule has 0 spiro atoms. The van der Waals surface area contributed by atoms with Crippen molar-refractivity contribution in [1.29, 1.82) is 0 Å². The van der Waals surface area contributed by atoms with E-state index in [0.29, 0.717) is 22.1 Å². The summed E-state index contributed by atoms with van der Waals surface area (Å²) in [5, 5.41) is 0. The molecule has 0 aliphatic carbocycles. The van der Waals surface area contributed by atoms with Crippen molar-refractivity contribution >= 4 is 15.7 Å². The van der Waals surface area contributed by atoms with Crippen LogP contribution in [0.2, 0.25) is 0 Å². The molecule has 158 valence electrons. The van der Waals surface area contributed by atoms with Crippen LogP contribution in [-0.4, -0.2) is 28.6 Å². The van der Waals surface area contributed by atoms with Gasteiger partial charge in [0, 0.05) is 24.8 Å². The van der Waals surface area contributed by atoms with E-state index in [1.54, 1.807) is 26.2 Å². The topological polar surface area (TPSA) is 58.6 Å². The molecule has 2 atom stereocenters. The molecule has 29 heavy (non-hydrogen) atoms. The van der Waals surface area contributed by atoms with Crippen molar-refractivity contribution in [3.05, 3.63) is 53.1 Å². The Morgan fingerprint density at radius 1 is 1.14 bits per heavy atom. The molecule has 3 rings (SSSR count). The Balaban J connectivity index is 1.75.